The Hall–Kier alpha value is -1.80. The Morgan fingerprint density at radius 1 is 1.27 bits per heavy atom. The molecular weight excluding hydrogens is 294 g/mol. The second-order valence-corrected chi connectivity index (χ2v) is 11.9. The van der Waals surface area contributed by atoms with Crippen LogP contribution in [0.25, 0.3) is 0 Å². The molecule has 0 saturated heterocycles. The summed E-state index contributed by atoms with van der Waals surface area (Å²) in [7, 11) is -1.51. The average molecular weight is 319 g/mol. The van der Waals surface area contributed by atoms with Gasteiger partial charge in [-0.3, -0.25) is 0 Å². The quantitative estimate of drug-likeness (QED) is 0.487. The number of hydrogen-bond donors (Lipinski definition) is 0. The molecule has 1 aromatic heterocycles. The van der Waals surface area contributed by atoms with Gasteiger partial charge in [-0.15, -0.1) is 5.54 Å². The van der Waals surface area contributed by atoms with Crippen LogP contribution in [0.15, 0.2) is 12.1 Å². The molecule has 0 bridgehead atoms. The van der Waals surface area contributed by atoms with Gasteiger partial charge in [0.25, 0.3) is 0 Å². The molecule has 1 aromatic rings. The van der Waals surface area contributed by atoms with E-state index in [0.29, 0.717) is 11.4 Å². The van der Waals surface area contributed by atoms with Crippen molar-refractivity contribution in [3.8, 4) is 17.2 Å². The molecule has 0 radical (unpaired) electrons. The molecule has 0 N–H and O–H groups in total. The van der Waals surface area contributed by atoms with Crippen LogP contribution in [0.2, 0.25) is 19.6 Å². The Labute approximate surface area is 134 Å². The summed E-state index contributed by atoms with van der Waals surface area (Å²) >= 11 is 0. The molecule has 4 nitrogen and oxygen atoms in total. The number of pyridine rings is 1. The number of hydrogen-bond acceptors (Lipinski definition) is 4. The normalized spacial score (nSPS) is 11.4. The van der Waals surface area contributed by atoms with Crippen LogP contribution >= 0.6 is 0 Å². The van der Waals surface area contributed by atoms with Crippen LogP contribution in [0.1, 0.15) is 32.2 Å². The van der Waals surface area contributed by atoms with Crippen LogP contribution < -0.4 is 4.74 Å². The molecule has 0 saturated carbocycles. The average Bonchev–Trinajstić information content (AvgIpc) is 2.32. The number of aromatic nitrogens is 1. The van der Waals surface area contributed by atoms with Gasteiger partial charge in [-0.1, -0.05) is 25.6 Å². The molecule has 0 amide bonds. The first kappa shape index (κ1) is 18.2. The fourth-order valence-electron chi connectivity index (χ4n) is 1.50. The van der Waals surface area contributed by atoms with Gasteiger partial charge in [0.15, 0.2) is 18.1 Å². The molecular formula is C17H25NO3Si. The molecule has 0 aromatic carbocycles. The standard InChI is InChI=1S/C17H25NO3Si/c1-13-8-9-15(14(18-13)10-11-22(5,6)7)20-12-16(19)21-17(2,3)4/h8-9H,12H2,1-7H3. The summed E-state index contributed by atoms with van der Waals surface area (Å²) < 4.78 is 10.8. The largest absolute Gasteiger partial charge is 0.479 e. The van der Waals surface area contributed by atoms with Crippen LogP contribution in [-0.4, -0.2) is 31.2 Å². The Morgan fingerprint density at radius 2 is 1.91 bits per heavy atom. The number of rotatable bonds is 3. The van der Waals surface area contributed by atoms with E-state index in [1.807, 2.05) is 33.8 Å². The Kier molecular flexibility index (Phi) is 5.78. The summed E-state index contributed by atoms with van der Waals surface area (Å²) in [5.74, 6) is 3.20. The Morgan fingerprint density at radius 3 is 2.45 bits per heavy atom. The maximum Gasteiger partial charge on any atom is 0.344 e. The van der Waals surface area contributed by atoms with Gasteiger partial charge >= 0.3 is 5.97 Å². The molecule has 0 aliphatic heterocycles. The van der Waals surface area contributed by atoms with Gasteiger partial charge in [0.2, 0.25) is 0 Å². The highest BCUT2D eigenvalue weighted by Gasteiger charge is 2.17. The van der Waals surface area contributed by atoms with Gasteiger partial charge in [-0.25, -0.2) is 9.78 Å². The summed E-state index contributed by atoms with van der Waals surface area (Å²) in [6.45, 7) is 13.7. The first-order valence-corrected chi connectivity index (χ1v) is 10.8. The van der Waals surface area contributed by atoms with Gasteiger partial charge in [0, 0.05) is 5.69 Å². The third kappa shape index (κ3) is 7.28. The SMILES string of the molecule is Cc1ccc(OCC(=O)OC(C)(C)C)c(C#C[Si](C)(C)C)n1. The number of ether oxygens (including phenoxy) is 2. The molecule has 22 heavy (non-hydrogen) atoms. The van der Waals surface area contributed by atoms with Crippen LogP contribution in [0.5, 0.6) is 5.75 Å². The number of aryl methyl sites for hydroxylation is 1. The molecule has 5 heteroatoms. The van der Waals surface area contributed by atoms with Crippen molar-refractivity contribution in [1.29, 1.82) is 0 Å². The smallest absolute Gasteiger partial charge is 0.344 e. The second kappa shape index (κ2) is 6.97. The van der Waals surface area contributed by atoms with Crippen LogP contribution in [-0.2, 0) is 9.53 Å². The van der Waals surface area contributed by atoms with E-state index < -0.39 is 19.6 Å². The summed E-state index contributed by atoms with van der Waals surface area (Å²) in [6.07, 6.45) is 0. The van der Waals surface area contributed by atoms with Crippen molar-refractivity contribution >= 4 is 14.0 Å². The van der Waals surface area contributed by atoms with E-state index in [1.165, 1.54) is 0 Å². The molecule has 0 aliphatic rings. The summed E-state index contributed by atoms with van der Waals surface area (Å²) in [5.41, 5.74) is 4.18. The first-order chi connectivity index (χ1) is 9.96. The number of carbonyl (C=O) groups excluding carboxylic acids is 1. The molecule has 0 aliphatic carbocycles. The minimum absolute atomic E-state index is 0.149. The topological polar surface area (TPSA) is 48.4 Å². The van der Waals surface area contributed by atoms with Crippen LogP contribution in [0.3, 0.4) is 0 Å². The number of nitrogens with zero attached hydrogens (tertiary/aromatic N) is 1. The third-order valence-corrected chi connectivity index (χ3v) is 3.19. The lowest BCUT2D eigenvalue weighted by atomic mass is 10.2. The van der Waals surface area contributed by atoms with Gasteiger partial charge < -0.3 is 9.47 Å². The number of esters is 1. The van der Waals surface area contributed by atoms with E-state index in [-0.39, 0.29) is 6.61 Å². The zero-order chi connectivity index (χ0) is 17.0. The highest BCUT2D eigenvalue weighted by molar-refractivity contribution is 6.83. The minimum Gasteiger partial charge on any atom is -0.479 e. The molecule has 1 heterocycles. The third-order valence-electron chi connectivity index (χ3n) is 2.32. The van der Waals surface area contributed by atoms with Gasteiger partial charge in [-0.2, -0.15) is 0 Å². The van der Waals surface area contributed by atoms with E-state index >= 15 is 0 Å². The number of carbonyl (C=O) groups is 1. The molecule has 120 valence electrons. The van der Waals surface area contributed by atoms with Crippen molar-refractivity contribution < 1.29 is 14.3 Å². The van der Waals surface area contributed by atoms with Crippen molar-refractivity contribution in [1.82, 2.24) is 4.98 Å². The van der Waals surface area contributed by atoms with Crippen molar-refractivity contribution in [2.24, 2.45) is 0 Å². The van der Waals surface area contributed by atoms with E-state index in [1.54, 1.807) is 6.07 Å². The van der Waals surface area contributed by atoms with Crippen molar-refractivity contribution in [2.45, 2.75) is 52.9 Å². The van der Waals surface area contributed by atoms with Gasteiger partial charge in [0.05, 0.1) is 0 Å². The zero-order valence-electron chi connectivity index (χ0n) is 14.5. The molecule has 0 unspecified atom stereocenters. The minimum atomic E-state index is -1.51. The Bertz CT molecular complexity index is 601. The van der Waals surface area contributed by atoms with Crippen LogP contribution in [0.4, 0.5) is 0 Å². The van der Waals surface area contributed by atoms with E-state index in [2.05, 4.69) is 36.1 Å². The molecule has 0 spiro atoms. The van der Waals surface area contributed by atoms with Crippen molar-refractivity contribution in [3.05, 3.63) is 23.5 Å². The molecule has 1 rings (SSSR count). The summed E-state index contributed by atoms with van der Waals surface area (Å²) in [5, 5.41) is 0. The summed E-state index contributed by atoms with van der Waals surface area (Å²) in [4.78, 5) is 16.1. The van der Waals surface area contributed by atoms with Gasteiger partial charge in [-0.05, 0) is 39.8 Å². The fraction of sp³-hybridized carbons (Fsp3) is 0.529. The van der Waals surface area contributed by atoms with Crippen LogP contribution in [0, 0.1) is 18.4 Å². The van der Waals surface area contributed by atoms with E-state index in [0.717, 1.165) is 5.69 Å². The fourth-order valence-corrected chi connectivity index (χ4v) is 2.00. The summed E-state index contributed by atoms with van der Waals surface area (Å²) in [6, 6.07) is 3.63. The highest BCUT2D eigenvalue weighted by atomic mass is 28.3. The lowest BCUT2D eigenvalue weighted by molar-refractivity contribution is -0.157. The zero-order valence-corrected chi connectivity index (χ0v) is 15.5. The first-order valence-electron chi connectivity index (χ1n) is 7.32. The van der Waals surface area contributed by atoms with E-state index in [9.17, 15) is 4.79 Å². The predicted molar refractivity (Wildman–Crippen MR) is 90.5 cm³/mol. The lowest BCUT2D eigenvalue weighted by Gasteiger charge is -2.19. The lowest BCUT2D eigenvalue weighted by Crippen LogP contribution is -2.27. The van der Waals surface area contributed by atoms with Gasteiger partial charge in [0.1, 0.15) is 13.7 Å². The maximum absolute atomic E-state index is 11.7. The second-order valence-electron chi connectivity index (χ2n) is 7.17. The predicted octanol–water partition coefficient (Wildman–Crippen LogP) is 3.34. The monoisotopic (exact) mass is 319 g/mol. The Balaban J connectivity index is 2.86. The molecule has 0 atom stereocenters. The van der Waals surface area contributed by atoms with Crippen molar-refractivity contribution in [2.75, 3.05) is 6.61 Å². The highest BCUT2D eigenvalue weighted by Crippen LogP contribution is 2.17. The molecule has 0 fully saturated rings. The van der Waals surface area contributed by atoms with E-state index in [4.69, 9.17) is 9.47 Å². The maximum atomic E-state index is 11.7. The van der Waals surface area contributed by atoms with Crippen molar-refractivity contribution in [3.63, 3.8) is 0 Å².